The van der Waals surface area contributed by atoms with Gasteiger partial charge < -0.3 is 9.84 Å². The summed E-state index contributed by atoms with van der Waals surface area (Å²) in [7, 11) is 0. The molecule has 1 aromatic carbocycles. The quantitative estimate of drug-likeness (QED) is 0.596. The summed E-state index contributed by atoms with van der Waals surface area (Å²) >= 11 is 5.26. The summed E-state index contributed by atoms with van der Waals surface area (Å²) in [6.45, 7) is 6.59. The normalized spacial score (nSPS) is 11.5. The highest BCUT2D eigenvalue weighted by atomic mass is 32.1. The van der Waals surface area contributed by atoms with E-state index in [0.29, 0.717) is 23.0 Å². The van der Waals surface area contributed by atoms with E-state index < -0.39 is 0 Å². The van der Waals surface area contributed by atoms with Gasteiger partial charge in [0.2, 0.25) is 4.77 Å². The summed E-state index contributed by atoms with van der Waals surface area (Å²) in [5.41, 5.74) is 0.810. The van der Waals surface area contributed by atoms with Crippen molar-refractivity contribution in [3.8, 4) is 11.5 Å². The van der Waals surface area contributed by atoms with Crippen LogP contribution in [0.2, 0.25) is 0 Å². The SMILES string of the molecule is CCOc1cc(/C=N\n2c(C(CC)CC)n[nH]c2=S)ccc1O. The number of rotatable bonds is 7. The molecule has 2 rings (SSSR count). The van der Waals surface area contributed by atoms with Crippen LogP contribution in [0.4, 0.5) is 0 Å². The summed E-state index contributed by atoms with van der Waals surface area (Å²) in [5.74, 6) is 1.69. The number of hydrogen-bond acceptors (Lipinski definition) is 5. The third kappa shape index (κ3) is 3.98. The van der Waals surface area contributed by atoms with Crippen molar-refractivity contribution in [1.82, 2.24) is 14.9 Å². The average molecular weight is 334 g/mol. The summed E-state index contributed by atoms with van der Waals surface area (Å²) < 4.78 is 7.50. The van der Waals surface area contributed by atoms with Gasteiger partial charge in [-0.25, -0.2) is 0 Å². The summed E-state index contributed by atoms with van der Waals surface area (Å²) in [6.07, 6.45) is 3.62. The highest BCUT2D eigenvalue weighted by molar-refractivity contribution is 7.71. The van der Waals surface area contributed by atoms with E-state index in [9.17, 15) is 5.11 Å². The lowest BCUT2D eigenvalue weighted by molar-refractivity contribution is 0.318. The Morgan fingerprint density at radius 2 is 2.13 bits per heavy atom. The fourth-order valence-electron chi connectivity index (χ4n) is 2.34. The minimum atomic E-state index is 0.113. The Morgan fingerprint density at radius 3 is 2.78 bits per heavy atom. The van der Waals surface area contributed by atoms with Crippen LogP contribution in [0.15, 0.2) is 23.3 Å². The fraction of sp³-hybridized carbons (Fsp3) is 0.438. The molecule has 0 aliphatic carbocycles. The Balaban J connectivity index is 2.32. The number of nitrogens with zero attached hydrogens (tertiary/aromatic N) is 3. The first-order valence-corrected chi connectivity index (χ1v) is 8.18. The average Bonchev–Trinajstić information content (AvgIpc) is 2.91. The van der Waals surface area contributed by atoms with Crippen molar-refractivity contribution < 1.29 is 9.84 Å². The largest absolute Gasteiger partial charge is 0.504 e. The van der Waals surface area contributed by atoms with Gasteiger partial charge in [0.05, 0.1) is 12.8 Å². The fourth-order valence-corrected chi connectivity index (χ4v) is 2.53. The Hall–Kier alpha value is -2.15. The Morgan fingerprint density at radius 1 is 1.39 bits per heavy atom. The predicted molar refractivity (Wildman–Crippen MR) is 93.0 cm³/mol. The molecule has 0 saturated carbocycles. The van der Waals surface area contributed by atoms with Crippen LogP contribution in [-0.2, 0) is 0 Å². The van der Waals surface area contributed by atoms with Gasteiger partial charge in [-0.3, -0.25) is 5.10 Å². The number of aromatic amines is 1. The van der Waals surface area contributed by atoms with Crippen molar-refractivity contribution in [3.05, 3.63) is 34.4 Å². The Kier molecular flexibility index (Phi) is 5.92. The van der Waals surface area contributed by atoms with Gasteiger partial charge in [-0.05, 0) is 55.7 Å². The number of benzene rings is 1. The molecular weight excluding hydrogens is 312 g/mol. The molecule has 1 aromatic heterocycles. The second-order valence-electron chi connectivity index (χ2n) is 5.12. The topological polar surface area (TPSA) is 75.4 Å². The van der Waals surface area contributed by atoms with Crippen LogP contribution < -0.4 is 4.74 Å². The minimum Gasteiger partial charge on any atom is -0.504 e. The van der Waals surface area contributed by atoms with E-state index in [1.165, 1.54) is 0 Å². The highest BCUT2D eigenvalue weighted by Crippen LogP contribution is 2.26. The molecule has 2 aromatic rings. The van der Waals surface area contributed by atoms with E-state index in [-0.39, 0.29) is 5.75 Å². The van der Waals surface area contributed by atoms with Crippen molar-refractivity contribution in [2.75, 3.05) is 6.61 Å². The van der Waals surface area contributed by atoms with E-state index in [2.05, 4.69) is 29.1 Å². The second kappa shape index (κ2) is 7.92. The van der Waals surface area contributed by atoms with Gasteiger partial charge in [0.25, 0.3) is 0 Å². The van der Waals surface area contributed by atoms with Crippen LogP contribution in [0.3, 0.4) is 0 Å². The number of hydrogen-bond donors (Lipinski definition) is 2. The maximum atomic E-state index is 9.74. The molecule has 7 heteroatoms. The lowest BCUT2D eigenvalue weighted by atomic mass is 10.0. The molecule has 2 N–H and O–H groups in total. The maximum absolute atomic E-state index is 9.74. The standard InChI is InChI=1S/C16H22N4O2S/c1-4-12(5-2)15-18-19-16(23)20(15)17-10-11-7-8-13(21)14(9-11)22-6-3/h7-10,12,21H,4-6H2,1-3H3,(H,19,23)/b17-10-. The number of H-pyrrole nitrogens is 1. The third-order valence-electron chi connectivity index (χ3n) is 3.63. The van der Waals surface area contributed by atoms with E-state index in [4.69, 9.17) is 17.0 Å². The van der Waals surface area contributed by atoms with E-state index in [0.717, 1.165) is 24.2 Å². The number of ether oxygens (including phenoxy) is 1. The summed E-state index contributed by atoms with van der Waals surface area (Å²) in [5, 5.41) is 21.3. The van der Waals surface area contributed by atoms with Gasteiger partial charge in [-0.15, -0.1) is 0 Å². The lowest BCUT2D eigenvalue weighted by Crippen LogP contribution is -2.05. The van der Waals surface area contributed by atoms with E-state index >= 15 is 0 Å². The molecule has 0 spiro atoms. The van der Waals surface area contributed by atoms with Crippen molar-refractivity contribution in [2.24, 2.45) is 5.10 Å². The first-order chi connectivity index (χ1) is 11.1. The van der Waals surface area contributed by atoms with Crippen molar-refractivity contribution >= 4 is 18.4 Å². The van der Waals surface area contributed by atoms with E-state index in [1.54, 1.807) is 29.1 Å². The molecule has 0 saturated heterocycles. The molecule has 23 heavy (non-hydrogen) atoms. The zero-order valence-corrected chi connectivity index (χ0v) is 14.4. The third-order valence-corrected chi connectivity index (χ3v) is 3.90. The minimum absolute atomic E-state index is 0.113. The molecule has 0 amide bonds. The van der Waals surface area contributed by atoms with Crippen LogP contribution in [0.5, 0.6) is 11.5 Å². The van der Waals surface area contributed by atoms with Gasteiger partial charge in [0.1, 0.15) is 0 Å². The number of phenolic OH excluding ortho intramolecular Hbond substituents is 1. The first kappa shape index (κ1) is 17.2. The molecule has 6 nitrogen and oxygen atoms in total. The zero-order valence-electron chi connectivity index (χ0n) is 13.6. The molecule has 1 heterocycles. The van der Waals surface area contributed by atoms with Crippen molar-refractivity contribution in [3.63, 3.8) is 0 Å². The highest BCUT2D eigenvalue weighted by Gasteiger charge is 2.15. The van der Waals surface area contributed by atoms with Crippen LogP contribution in [0, 0.1) is 4.77 Å². The van der Waals surface area contributed by atoms with Gasteiger partial charge in [0.15, 0.2) is 17.3 Å². The smallest absolute Gasteiger partial charge is 0.216 e. The molecule has 0 aliphatic heterocycles. The molecule has 0 fully saturated rings. The predicted octanol–water partition coefficient (Wildman–Crippen LogP) is 3.83. The van der Waals surface area contributed by atoms with Gasteiger partial charge in [-0.2, -0.15) is 14.9 Å². The number of aromatic nitrogens is 3. The molecule has 124 valence electrons. The van der Waals surface area contributed by atoms with Crippen molar-refractivity contribution in [1.29, 1.82) is 0 Å². The zero-order chi connectivity index (χ0) is 16.8. The molecule has 0 unspecified atom stereocenters. The van der Waals surface area contributed by atoms with Crippen molar-refractivity contribution in [2.45, 2.75) is 39.5 Å². The monoisotopic (exact) mass is 334 g/mol. The molecule has 0 aliphatic rings. The Labute approximate surface area is 140 Å². The Bertz CT molecular complexity index is 732. The molecule has 0 bridgehead atoms. The molecular formula is C16H22N4O2S. The second-order valence-corrected chi connectivity index (χ2v) is 5.50. The number of nitrogens with one attached hydrogen (secondary N) is 1. The van der Waals surface area contributed by atoms with Gasteiger partial charge in [0, 0.05) is 5.92 Å². The van der Waals surface area contributed by atoms with Crippen LogP contribution >= 0.6 is 12.2 Å². The van der Waals surface area contributed by atoms with Crippen LogP contribution in [0.25, 0.3) is 0 Å². The summed E-state index contributed by atoms with van der Waals surface area (Å²) in [6, 6.07) is 5.09. The maximum Gasteiger partial charge on any atom is 0.216 e. The van der Waals surface area contributed by atoms with Crippen LogP contribution in [-0.4, -0.2) is 32.8 Å². The van der Waals surface area contributed by atoms with Crippen LogP contribution in [0.1, 0.15) is 50.9 Å². The molecule has 0 atom stereocenters. The van der Waals surface area contributed by atoms with E-state index in [1.807, 2.05) is 6.92 Å². The van der Waals surface area contributed by atoms with Gasteiger partial charge >= 0.3 is 0 Å². The lowest BCUT2D eigenvalue weighted by Gasteiger charge is -2.10. The number of phenols is 1. The summed E-state index contributed by atoms with van der Waals surface area (Å²) in [4.78, 5) is 0. The number of aromatic hydroxyl groups is 1. The van der Waals surface area contributed by atoms with Gasteiger partial charge in [-0.1, -0.05) is 13.8 Å². The molecule has 0 radical (unpaired) electrons. The first-order valence-electron chi connectivity index (χ1n) is 7.78.